The van der Waals surface area contributed by atoms with Crippen LogP contribution in [0.4, 0.5) is 0 Å². The minimum atomic E-state index is -0.541. The SMILES string of the molecule is CCCCNC1=C(C#N)C(=O)N1C(=O)c1ccccc1. The van der Waals surface area contributed by atoms with Crippen molar-refractivity contribution in [1.82, 2.24) is 10.2 Å². The van der Waals surface area contributed by atoms with E-state index in [-0.39, 0.29) is 5.57 Å². The van der Waals surface area contributed by atoms with E-state index in [1.807, 2.05) is 13.0 Å². The van der Waals surface area contributed by atoms with Crippen LogP contribution in [0.2, 0.25) is 0 Å². The Bertz CT molecular complexity index is 599. The molecule has 2 amide bonds. The normalized spacial score (nSPS) is 13.8. The van der Waals surface area contributed by atoms with Gasteiger partial charge in [0.05, 0.1) is 0 Å². The zero-order valence-electron chi connectivity index (χ0n) is 11.2. The first-order chi connectivity index (χ1) is 9.70. The fourth-order valence-corrected chi connectivity index (χ4v) is 1.93. The summed E-state index contributed by atoms with van der Waals surface area (Å²) >= 11 is 0. The third kappa shape index (κ3) is 2.41. The standard InChI is InChI=1S/C15H15N3O2/c1-2-3-9-17-13-12(10-16)15(20)18(13)14(19)11-7-5-4-6-8-11/h4-8,17H,2-3,9H2,1H3. The first kappa shape index (κ1) is 13.8. The van der Waals surface area contributed by atoms with Crippen LogP contribution in [0.25, 0.3) is 0 Å². The largest absolute Gasteiger partial charge is 0.370 e. The highest BCUT2D eigenvalue weighted by Crippen LogP contribution is 2.25. The summed E-state index contributed by atoms with van der Waals surface area (Å²) in [5.74, 6) is -0.631. The van der Waals surface area contributed by atoms with Crippen molar-refractivity contribution in [1.29, 1.82) is 5.26 Å². The van der Waals surface area contributed by atoms with E-state index in [4.69, 9.17) is 5.26 Å². The molecule has 0 saturated carbocycles. The number of hydrogen-bond donors (Lipinski definition) is 1. The number of benzene rings is 1. The smallest absolute Gasteiger partial charge is 0.280 e. The van der Waals surface area contributed by atoms with Crippen molar-refractivity contribution in [3.8, 4) is 6.07 Å². The van der Waals surface area contributed by atoms with Crippen LogP contribution in [0.15, 0.2) is 41.7 Å². The minimum absolute atomic E-state index is 0.0189. The summed E-state index contributed by atoms with van der Waals surface area (Å²) in [6, 6.07) is 10.4. The number of carbonyl (C=O) groups is 2. The Morgan fingerprint density at radius 1 is 1.35 bits per heavy atom. The van der Waals surface area contributed by atoms with Crippen molar-refractivity contribution in [2.24, 2.45) is 0 Å². The number of unbranched alkanes of at least 4 members (excludes halogenated alkanes) is 1. The molecule has 0 radical (unpaired) electrons. The molecule has 1 aliphatic rings. The Morgan fingerprint density at radius 3 is 2.65 bits per heavy atom. The molecule has 2 rings (SSSR count). The van der Waals surface area contributed by atoms with Crippen LogP contribution in [-0.2, 0) is 4.79 Å². The van der Waals surface area contributed by atoms with E-state index in [2.05, 4.69) is 5.32 Å². The molecule has 5 heteroatoms. The van der Waals surface area contributed by atoms with E-state index in [0.717, 1.165) is 17.7 Å². The number of nitriles is 1. The van der Waals surface area contributed by atoms with Gasteiger partial charge in [0.25, 0.3) is 11.8 Å². The molecule has 0 fully saturated rings. The Balaban J connectivity index is 2.20. The van der Waals surface area contributed by atoms with Gasteiger partial charge in [-0.05, 0) is 18.6 Å². The van der Waals surface area contributed by atoms with E-state index in [0.29, 0.717) is 17.9 Å². The van der Waals surface area contributed by atoms with Gasteiger partial charge in [0, 0.05) is 12.1 Å². The maximum absolute atomic E-state index is 12.3. The van der Waals surface area contributed by atoms with Crippen molar-refractivity contribution >= 4 is 11.8 Å². The van der Waals surface area contributed by atoms with Crippen molar-refractivity contribution in [2.45, 2.75) is 19.8 Å². The monoisotopic (exact) mass is 269 g/mol. The average molecular weight is 269 g/mol. The third-order valence-corrected chi connectivity index (χ3v) is 3.04. The number of imide groups is 1. The van der Waals surface area contributed by atoms with Gasteiger partial charge in [0.1, 0.15) is 11.9 Å². The van der Waals surface area contributed by atoms with Crippen LogP contribution in [0.1, 0.15) is 30.1 Å². The molecule has 0 aromatic heterocycles. The van der Waals surface area contributed by atoms with E-state index < -0.39 is 11.8 Å². The van der Waals surface area contributed by atoms with Gasteiger partial charge in [0.15, 0.2) is 5.57 Å². The van der Waals surface area contributed by atoms with Crippen LogP contribution in [0, 0.1) is 11.3 Å². The molecule has 0 atom stereocenters. The summed E-state index contributed by atoms with van der Waals surface area (Å²) in [4.78, 5) is 25.1. The summed E-state index contributed by atoms with van der Waals surface area (Å²) in [5.41, 5.74) is 0.443. The molecule has 1 aromatic carbocycles. The lowest BCUT2D eigenvalue weighted by molar-refractivity contribution is -0.126. The maximum Gasteiger partial charge on any atom is 0.280 e. The average Bonchev–Trinajstić information content (AvgIpc) is 2.48. The Labute approximate surface area is 117 Å². The molecule has 0 aliphatic carbocycles. The van der Waals surface area contributed by atoms with Crippen molar-refractivity contribution in [2.75, 3.05) is 6.54 Å². The second kappa shape index (κ2) is 6.02. The summed E-state index contributed by atoms with van der Waals surface area (Å²) in [7, 11) is 0. The number of nitrogens with zero attached hydrogens (tertiary/aromatic N) is 2. The van der Waals surface area contributed by atoms with Crippen molar-refractivity contribution in [3.63, 3.8) is 0 Å². The first-order valence-corrected chi connectivity index (χ1v) is 6.52. The number of amides is 2. The highest BCUT2D eigenvalue weighted by atomic mass is 16.2. The van der Waals surface area contributed by atoms with Gasteiger partial charge in [-0.2, -0.15) is 5.26 Å². The Hall–Kier alpha value is -2.61. The fraction of sp³-hybridized carbons (Fsp3) is 0.267. The summed E-state index contributed by atoms with van der Waals surface area (Å²) in [5, 5.41) is 11.9. The van der Waals surface area contributed by atoms with Gasteiger partial charge in [-0.3, -0.25) is 9.59 Å². The van der Waals surface area contributed by atoms with Crippen molar-refractivity contribution in [3.05, 3.63) is 47.3 Å². The number of nitrogens with one attached hydrogen (secondary N) is 1. The zero-order valence-corrected chi connectivity index (χ0v) is 11.2. The van der Waals surface area contributed by atoms with Gasteiger partial charge >= 0.3 is 0 Å². The van der Waals surface area contributed by atoms with Gasteiger partial charge in [-0.1, -0.05) is 31.5 Å². The van der Waals surface area contributed by atoms with Gasteiger partial charge in [-0.25, -0.2) is 4.90 Å². The molecule has 1 heterocycles. The molecule has 20 heavy (non-hydrogen) atoms. The zero-order chi connectivity index (χ0) is 14.5. The minimum Gasteiger partial charge on any atom is -0.370 e. The van der Waals surface area contributed by atoms with Crippen LogP contribution in [-0.4, -0.2) is 23.3 Å². The van der Waals surface area contributed by atoms with Crippen LogP contribution in [0.3, 0.4) is 0 Å². The first-order valence-electron chi connectivity index (χ1n) is 6.52. The van der Waals surface area contributed by atoms with Crippen LogP contribution in [0.5, 0.6) is 0 Å². The molecule has 0 unspecified atom stereocenters. The molecule has 0 saturated heterocycles. The number of carbonyl (C=O) groups excluding carboxylic acids is 2. The van der Waals surface area contributed by atoms with Gasteiger partial charge in [0.2, 0.25) is 0 Å². The van der Waals surface area contributed by atoms with Gasteiger partial charge < -0.3 is 5.32 Å². The van der Waals surface area contributed by atoms with E-state index >= 15 is 0 Å². The second-order valence-corrected chi connectivity index (χ2v) is 4.43. The molecule has 1 aromatic rings. The molecule has 0 spiro atoms. The van der Waals surface area contributed by atoms with Gasteiger partial charge in [-0.15, -0.1) is 0 Å². The predicted octanol–water partition coefficient (Wildman–Crippen LogP) is 1.79. The Kier molecular flexibility index (Phi) is 4.16. The highest BCUT2D eigenvalue weighted by Gasteiger charge is 2.41. The lowest BCUT2D eigenvalue weighted by Crippen LogP contribution is -2.51. The van der Waals surface area contributed by atoms with Crippen molar-refractivity contribution < 1.29 is 9.59 Å². The fourth-order valence-electron chi connectivity index (χ4n) is 1.93. The van der Waals surface area contributed by atoms with E-state index in [1.165, 1.54) is 0 Å². The molecule has 5 nitrogen and oxygen atoms in total. The predicted molar refractivity (Wildman–Crippen MR) is 73.2 cm³/mol. The Morgan fingerprint density at radius 2 is 2.05 bits per heavy atom. The lowest BCUT2D eigenvalue weighted by Gasteiger charge is -2.32. The van der Waals surface area contributed by atoms with E-state index in [1.54, 1.807) is 30.3 Å². The number of rotatable bonds is 5. The van der Waals surface area contributed by atoms with Crippen LogP contribution < -0.4 is 5.32 Å². The highest BCUT2D eigenvalue weighted by molar-refractivity contribution is 6.18. The number of hydrogen-bond acceptors (Lipinski definition) is 4. The molecule has 0 bridgehead atoms. The lowest BCUT2D eigenvalue weighted by atomic mass is 10.1. The quantitative estimate of drug-likeness (QED) is 0.653. The second-order valence-electron chi connectivity index (χ2n) is 4.43. The third-order valence-electron chi connectivity index (χ3n) is 3.04. The van der Waals surface area contributed by atoms with E-state index in [9.17, 15) is 9.59 Å². The molecular formula is C15H15N3O2. The topological polar surface area (TPSA) is 73.2 Å². The summed E-state index contributed by atoms with van der Waals surface area (Å²) in [6.45, 7) is 2.67. The summed E-state index contributed by atoms with van der Waals surface area (Å²) < 4.78 is 0. The molecule has 1 N–H and O–H groups in total. The molecule has 102 valence electrons. The summed E-state index contributed by atoms with van der Waals surface area (Å²) in [6.07, 6.45) is 1.90. The van der Waals surface area contributed by atoms with Crippen LogP contribution >= 0.6 is 0 Å². The molecular weight excluding hydrogens is 254 g/mol. The molecule has 1 aliphatic heterocycles. The maximum atomic E-state index is 12.3.